The first kappa shape index (κ1) is 8.52. The minimum absolute atomic E-state index is 0.141. The summed E-state index contributed by atoms with van der Waals surface area (Å²) in [6.07, 6.45) is 5.31. The van der Waals surface area contributed by atoms with E-state index in [0.29, 0.717) is 0 Å². The average Bonchev–Trinajstić information content (AvgIpc) is 2.88. The third kappa shape index (κ3) is 1.50. The predicted octanol–water partition coefficient (Wildman–Crippen LogP) is 1.11. The van der Waals surface area contributed by atoms with E-state index in [9.17, 15) is 0 Å². The number of rotatable bonds is 2. The van der Waals surface area contributed by atoms with Crippen LogP contribution in [0.5, 0.6) is 0 Å². The van der Waals surface area contributed by atoms with E-state index in [1.807, 2.05) is 0 Å². The van der Waals surface area contributed by atoms with Crippen LogP contribution in [0.25, 0.3) is 0 Å². The van der Waals surface area contributed by atoms with Crippen LogP contribution in [-0.4, -0.2) is 18.6 Å². The van der Waals surface area contributed by atoms with Crippen molar-refractivity contribution in [1.82, 2.24) is 5.32 Å². The first-order valence-electron chi connectivity index (χ1n) is 5.21. The van der Waals surface area contributed by atoms with Gasteiger partial charge in [-0.05, 0) is 57.5 Å². The lowest BCUT2D eigenvalue weighted by Crippen LogP contribution is -2.50. The van der Waals surface area contributed by atoms with Gasteiger partial charge in [-0.3, -0.25) is 0 Å². The number of hydrogen-bond donors (Lipinski definition) is 2. The van der Waals surface area contributed by atoms with E-state index in [-0.39, 0.29) is 5.54 Å². The molecule has 0 radical (unpaired) electrons. The Balaban J connectivity index is 1.95. The lowest BCUT2D eigenvalue weighted by Gasteiger charge is -2.37. The molecule has 1 aliphatic heterocycles. The van der Waals surface area contributed by atoms with Crippen molar-refractivity contribution in [2.75, 3.05) is 13.1 Å². The van der Waals surface area contributed by atoms with Gasteiger partial charge in [-0.1, -0.05) is 0 Å². The zero-order valence-electron chi connectivity index (χ0n) is 7.97. The van der Waals surface area contributed by atoms with Crippen molar-refractivity contribution in [1.29, 1.82) is 0 Å². The van der Waals surface area contributed by atoms with Gasteiger partial charge in [0.25, 0.3) is 0 Å². The second kappa shape index (κ2) is 3.00. The minimum Gasteiger partial charge on any atom is -0.325 e. The molecular formula is C10H20N2. The Kier molecular flexibility index (Phi) is 2.13. The first-order valence-corrected chi connectivity index (χ1v) is 5.21. The Morgan fingerprint density at radius 2 is 1.58 bits per heavy atom. The number of hydrogen-bond acceptors (Lipinski definition) is 2. The van der Waals surface area contributed by atoms with Crippen LogP contribution in [0.3, 0.4) is 0 Å². The summed E-state index contributed by atoms with van der Waals surface area (Å²) < 4.78 is 0. The van der Waals surface area contributed by atoms with Crippen molar-refractivity contribution in [3.63, 3.8) is 0 Å². The maximum Gasteiger partial charge on any atom is 0.0183 e. The molecule has 2 aliphatic rings. The zero-order valence-corrected chi connectivity index (χ0v) is 7.97. The lowest BCUT2D eigenvalue weighted by molar-refractivity contribution is 0.206. The van der Waals surface area contributed by atoms with Gasteiger partial charge >= 0.3 is 0 Å². The third-order valence-electron chi connectivity index (χ3n) is 3.68. The van der Waals surface area contributed by atoms with Crippen molar-refractivity contribution in [2.45, 2.75) is 38.1 Å². The highest BCUT2D eigenvalue weighted by molar-refractivity contribution is 5.00. The normalized spacial score (nSPS) is 31.5. The molecule has 1 heterocycles. The average molecular weight is 168 g/mol. The van der Waals surface area contributed by atoms with Crippen LogP contribution in [0.2, 0.25) is 0 Å². The molecule has 2 heteroatoms. The van der Waals surface area contributed by atoms with E-state index < -0.39 is 0 Å². The summed E-state index contributed by atoms with van der Waals surface area (Å²) in [5, 5.41) is 3.39. The molecule has 2 nitrogen and oxygen atoms in total. The Bertz CT molecular complexity index is 155. The summed E-state index contributed by atoms with van der Waals surface area (Å²) in [5.74, 6) is 1.60. The first-order chi connectivity index (χ1) is 5.71. The summed E-state index contributed by atoms with van der Waals surface area (Å²) in [7, 11) is 0. The number of piperidine rings is 1. The topological polar surface area (TPSA) is 38.0 Å². The highest BCUT2D eigenvalue weighted by Crippen LogP contribution is 2.44. The fourth-order valence-electron chi connectivity index (χ4n) is 2.48. The quantitative estimate of drug-likeness (QED) is 0.648. The van der Waals surface area contributed by atoms with Crippen LogP contribution in [0, 0.1) is 11.8 Å². The molecule has 0 amide bonds. The van der Waals surface area contributed by atoms with Crippen LogP contribution < -0.4 is 11.1 Å². The second-order valence-electron chi connectivity index (χ2n) is 4.66. The second-order valence-corrected chi connectivity index (χ2v) is 4.66. The molecule has 1 aliphatic carbocycles. The fourth-order valence-corrected chi connectivity index (χ4v) is 2.48. The summed E-state index contributed by atoms with van der Waals surface area (Å²) >= 11 is 0. The molecule has 70 valence electrons. The molecule has 12 heavy (non-hydrogen) atoms. The van der Waals surface area contributed by atoms with Crippen LogP contribution in [0.15, 0.2) is 0 Å². The molecule has 1 atom stereocenters. The van der Waals surface area contributed by atoms with Crippen molar-refractivity contribution >= 4 is 0 Å². The Morgan fingerprint density at radius 3 is 2.08 bits per heavy atom. The molecule has 0 aromatic heterocycles. The van der Waals surface area contributed by atoms with Gasteiger partial charge in [-0.15, -0.1) is 0 Å². The van der Waals surface area contributed by atoms with Crippen molar-refractivity contribution in [3.8, 4) is 0 Å². The summed E-state index contributed by atoms with van der Waals surface area (Å²) in [4.78, 5) is 0. The Morgan fingerprint density at radius 1 is 1.08 bits per heavy atom. The maximum absolute atomic E-state index is 6.37. The molecule has 1 saturated carbocycles. The molecule has 3 N–H and O–H groups in total. The van der Waals surface area contributed by atoms with Crippen molar-refractivity contribution < 1.29 is 0 Å². The van der Waals surface area contributed by atoms with E-state index in [1.165, 1.54) is 38.8 Å². The highest BCUT2D eigenvalue weighted by Gasteiger charge is 2.43. The van der Waals surface area contributed by atoms with Gasteiger partial charge in [0.1, 0.15) is 0 Å². The van der Waals surface area contributed by atoms with E-state index in [4.69, 9.17) is 5.73 Å². The molecule has 0 aromatic rings. The van der Waals surface area contributed by atoms with Crippen molar-refractivity contribution in [3.05, 3.63) is 0 Å². The molecule has 0 bridgehead atoms. The van der Waals surface area contributed by atoms with Gasteiger partial charge in [-0.2, -0.15) is 0 Å². The molecule has 0 aromatic carbocycles. The van der Waals surface area contributed by atoms with Gasteiger partial charge in [0.05, 0.1) is 0 Å². The Hall–Kier alpha value is -0.0800. The van der Waals surface area contributed by atoms with Crippen LogP contribution in [0.1, 0.15) is 32.6 Å². The molecular weight excluding hydrogens is 148 g/mol. The third-order valence-corrected chi connectivity index (χ3v) is 3.68. The van der Waals surface area contributed by atoms with Crippen LogP contribution in [-0.2, 0) is 0 Å². The van der Waals surface area contributed by atoms with Gasteiger partial charge in [-0.25, -0.2) is 0 Å². The summed E-state index contributed by atoms with van der Waals surface area (Å²) in [6.45, 7) is 4.61. The smallest absolute Gasteiger partial charge is 0.0183 e. The van der Waals surface area contributed by atoms with Crippen LogP contribution >= 0.6 is 0 Å². The highest BCUT2D eigenvalue weighted by atomic mass is 14.9. The number of nitrogens with two attached hydrogens (primary N) is 1. The molecule has 2 rings (SSSR count). The van der Waals surface area contributed by atoms with Gasteiger partial charge in [0.15, 0.2) is 0 Å². The SMILES string of the molecule is CC(N)(C1CCNCC1)C1CC1. The molecule has 1 saturated heterocycles. The fraction of sp³-hybridized carbons (Fsp3) is 1.00. The van der Waals surface area contributed by atoms with E-state index >= 15 is 0 Å². The zero-order chi connectivity index (χ0) is 8.60. The maximum atomic E-state index is 6.37. The lowest BCUT2D eigenvalue weighted by atomic mass is 9.77. The monoisotopic (exact) mass is 168 g/mol. The van der Waals surface area contributed by atoms with Crippen LogP contribution in [0.4, 0.5) is 0 Å². The van der Waals surface area contributed by atoms with E-state index in [0.717, 1.165) is 11.8 Å². The summed E-state index contributed by atoms with van der Waals surface area (Å²) in [6, 6.07) is 0. The molecule has 2 fully saturated rings. The van der Waals surface area contributed by atoms with Gasteiger partial charge in [0, 0.05) is 5.54 Å². The van der Waals surface area contributed by atoms with E-state index in [1.54, 1.807) is 0 Å². The predicted molar refractivity (Wildman–Crippen MR) is 50.9 cm³/mol. The van der Waals surface area contributed by atoms with Gasteiger partial charge < -0.3 is 11.1 Å². The van der Waals surface area contributed by atoms with Gasteiger partial charge in [0.2, 0.25) is 0 Å². The van der Waals surface area contributed by atoms with E-state index in [2.05, 4.69) is 12.2 Å². The molecule has 0 spiro atoms. The standard InChI is InChI=1S/C10H20N2/c1-10(11,8-2-3-8)9-4-6-12-7-5-9/h8-9,12H,2-7,11H2,1H3. The Labute approximate surface area is 74.9 Å². The van der Waals surface area contributed by atoms with Crippen molar-refractivity contribution in [2.24, 2.45) is 17.6 Å². The largest absolute Gasteiger partial charge is 0.325 e. The molecule has 1 unspecified atom stereocenters. The number of nitrogens with one attached hydrogen (secondary N) is 1. The summed E-state index contributed by atoms with van der Waals surface area (Å²) in [5.41, 5.74) is 6.51. The minimum atomic E-state index is 0.141.